The van der Waals surface area contributed by atoms with Crippen LogP contribution in [0.1, 0.15) is 22.9 Å². The molecule has 0 spiro atoms. The van der Waals surface area contributed by atoms with Gasteiger partial charge in [0.25, 0.3) is 0 Å². The van der Waals surface area contributed by atoms with E-state index in [0.717, 1.165) is 12.1 Å². The van der Waals surface area contributed by atoms with Crippen LogP contribution in [0.25, 0.3) is 0 Å². The van der Waals surface area contributed by atoms with Gasteiger partial charge in [-0.3, -0.25) is 4.98 Å². The number of halogens is 4. The number of pyridine rings is 1. The van der Waals surface area contributed by atoms with Crippen molar-refractivity contribution in [2.75, 3.05) is 7.11 Å². The van der Waals surface area contributed by atoms with Crippen molar-refractivity contribution in [2.24, 2.45) is 5.73 Å². The molecule has 0 saturated heterocycles. The maximum absolute atomic E-state index is 12.8. The topological polar surface area (TPSA) is 48.1 Å². The van der Waals surface area contributed by atoms with Gasteiger partial charge in [0.15, 0.2) is 0 Å². The molecule has 1 heterocycles. The molecule has 1 aromatic carbocycles. The fourth-order valence-electron chi connectivity index (χ4n) is 1.91. The van der Waals surface area contributed by atoms with E-state index in [1.165, 1.54) is 19.4 Å². The molecule has 0 saturated carbocycles. The van der Waals surface area contributed by atoms with Crippen LogP contribution >= 0.6 is 15.9 Å². The zero-order valence-electron chi connectivity index (χ0n) is 11.0. The third-order valence-corrected chi connectivity index (χ3v) is 3.69. The number of nitrogens with two attached hydrogens (primary N) is 1. The summed E-state index contributed by atoms with van der Waals surface area (Å²) >= 11 is 3.23. The number of benzene rings is 1. The number of hydrogen-bond donors (Lipinski definition) is 1. The summed E-state index contributed by atoms with van der Waals surface area (Å²) in [7, 11) is 1.45. The summed E-state index contributed by atoms with van der Waals surface area (Å²) in [5, 5.41) is 0. The van der Waals surface area contributed by atoms with E-state index in [4.69, 9.17) is 10.5 Å². The van der Waals surface area contributed by atoms with E-state index in [2.05, 4.69) is 20.9 Å². The summed E-state index contributed by atoms with van der Waals surface area (Å²) in [4.78, 5) is 4.11. The first kappa shape index (κ1) is 15.8. The van der Waals surface area contributed by atoms with Crippen LogP contribution in [-0.4, -0.2) is 12.1 Å². The summed E-state index contributed by atoms with van der Waals surface area (Å²) in [5.41, 5.74) is 5.98. The minimum absolute atomic E-state index is 0.293. The molecule has 0 amide bonds. The lowest BCUT2D eigenvalue weighted by Gasteiger charge is -2.18. The second-order valence-electron chi connectivity index (χ2n) is 4.30. The fourth-order valence-corrected chi connectivity index (χ4v) is 2.41. The number of methoxy groups -OCH3 is 1. The molecule has 0 radical (unpaired) electrons. The molecular weight excluding hydrogens is 349 g/mol. The minimum Gasteiger partial charge on any atom is -0.495 e. The fraction of sp³-hybridized carbons (Fsp3) is 0.214. The summed E-state index contributed by atoms with van der Waals surface area (Å²) in [5.74, 6) is 0.425. The van der Waals surface area contributed by atoms with Gasteiger partial charge in [-0.1, -0.05) is 15.9 Å². The number of ether oxygens (including phenoxy) is 1. The molecule has 112 valence electrons. The highest BCUT2D eigenvalue weighted by atomic mass is 79.9. The van der Waals surface area contributed by atoms with E-state index < -0.39 is 17.8 Å². The van der Waals surface area contributed by atoms with Crippen molar-refractivity contribution in [3.63, 3.8) is 0 Å². The quantitative estimate of drug-likeness (QED) is 0.902. The largest absolute Gasteiger partial charge is 0.495 e. The lowest BCUT2D eigenvalue weighted by molar-refractivity contribution is -0.137. The van der Waals surface area contributed by atoms with E-state index >= 15 is 0 Å². The number of alkyl halides is 3. The Morgan fingerprint density at radius 3 is 2.62 bits per heavy atom. The Labute approximate surface area is 128 Å². The van der Waals surface area contributed by atoms with Crippen molar-refractivity contribution in [2.45, 2.75) is 12.2 Å². The molecule has 21 heavy (non-hydrogen) atoms. The molecule has 1 unspecified atom stereocenters. The van der Waals surface area contributed by atoms with Gasteiger partial charge in [0.2, 0.25) is 0 Å². The van der Waals surface area contributed by atoms with Gasteiger partial charge in [-0.15, -0.1) is 0 Å². The van der Waals surface area contributed by atoms with Crippen LogP contribution in [0.4, 0.5) is 13.2 Å². The van der Waals surface area contributed by atoms with E-state index in [1.807, 2.05) is 0 Å². The van der Waals surface area contributed by atoms with Crippen LogP contribution in [0.2, 0.25) is 0 Å². The van der Waals surface area contributed by atoms with Crippen LogP contribution < -0.4 is 10.5 Å². The normalized spacial score (nSPS) is 13.0. The zero-order chi connectivity index (χ0) is 15.6. The first-order valence-electron chi connectivity index (χ1n) is 5.95. The van der Waals surface area contributed by atoms with Crippen molar-refractivity contribution < 1.29 is 17.9 Å². The molecule has 1 atom stereocenters. The molecule has 2 rings (SSSR count). The van der Waals surface area contributed by atoms with E-state index in [1.54, 1.807) is 12.1 Å². The second-order valence-corrected chi connectivity index (χ2v) is 5.16. The van der Waals surface area contributed by atoms with Crippen molar-refractivity contribution in [1.82, 2.24) is 4.98 Å². The average Bonchev–Trinajstić information content (AvgIpc) is 2.45. The third-order valence-electron chi connectivity index (χ3n) is 2.97. The molecule has 0 aliphatic heterocycles. The Hall–Kier alpha value is -1.60. The maximum Gasteiger partial charge on any atom is 0.416 e. The van der Waals surface area contributed by atoms with Gasteiger partial charge in [0, 0.05) is 10.7 Å². The van der Waals surface area contributed by atoms with Crippen LogP contribution in [0, 0.1) is 0 Å². The van der Waals surface area contributed by atoms with Gasteiger partial charge >= 0.3 is 6.18 Å². The van der Waals surface area contributed by atoms with Crippen LogP contribution in [-0.2, 0) is 6.18 Å². The van der Waals surface area contributed by atoms with E-state index in [0.29, 0.717) is 21.5 Å². The Kier molecular flexibility index (Phi) is 4.53. The predicted octanol–water partition coefficient (Wildman–Crippen LogP) is 3.92. The number of hydrogen-bond acceptors (Lipinski definition) is 3. The number of nitrogens with zero attached hydrogens (tertiary/aromatic N) is 1. The molecule has 7 heteroatoms. The van der Waals surface area contributed by atoms with Crippen LogP contribution in [0.5, 0.6) is 5.75 Å². The van der Waals surface area contributed by atoms with Gasteiger partial charge in [0.05, 0.1) is 18.7 Å². The molecule has 0 fully saturated rings. The Morgan fingerprint density at radius 2 is 2.00 bits per heavy atom. The predicted molar refractivity (Wildman–Crippen MR) is 76.0 cm³/mol. The van der Waals surface area contributed by atoms with Gasteiger partial charge in [0.1, 0.15) is 11.4 Å². The third kappa shape index (κ3) is 3.36. The Morgan fingerprint density at radius 1 is 1.29 bits per heavy atom. The van der Waals surface area contributed by atoms with E-state index in [-0.39, 0.29) is 0 Å². The first-order valence-corrected chi connectivity index (χ1v) is 6.75. The van der Waals surface area contributed by atoms with Gasteiger partial charge < -0.3 is 10.5 Å². The highest BCUT2D eigenvalue weighted by molar-refractivity contribution is 9.10. The molecule has 1 aromatic heterocycles. The second kappa shape index (κ2) is 6.03. The lowest BCUT2D eigenvalue weighted by Crippen LogP contribution is -2.16. The smallest absolute Gasteiger partial charge is 0.416 e. The van der Waals surface area contributed by atoms with Crippen molar-refractivity contribution in [1.29, 1.82) is 0 Å². The standard InChI is InChI=1S/C14H12BrF3N2O/c1-21-11-3-2-6-20-13(11)12(19)9-7-8(14(16,17)18)4-5-10(9)15/h2-7,12H,19H2,1H3. The Balaban J connectivity index is 2.50. The first-order chi connectivity index (χ1) is 9.84. The monoisotopic (exact) mass is 360 g/mol. The van der Waals surface area contributed by atoms with Gasteiger partial charge in [-0.25, -0.2) is 0 Å². The average molecular weight is 361 g/mol. The summed E-state index contributed by atoms with van der Waals surface area (Å²) < 4.78 is 44.1. The molecule has 0 aliphatic carbocycles. The molecule has 0 aliphatic rings. The molecular formula is C14H12BrF3N2O. The highest BCUT2D eigenvalue weighted by Gasteiger charge is 2.32. The number of aromatic nitrogens is 1. The summed E-state index contributed by atoms with van der Waals surface area (Å²) in [6, 6.07) is 5.82. The molecule has 2 aromatic rings. The Bertz CT molecular complexity index is 646. The van der Waals surface area contributed by atoms with Crippen LogP contribution in [0.3, 0.4) is 0 Å². The lowest BCUT2D eigenvalue weighted by atomic mass is 10.0. The van der Waals surface area contributed by atoms with Crippen LogP contribution in [0.15, 0.2) is 41.0 Å². The van der Waals surface area contributed by atoms with Crippen molar-refractivity contribution in [3.05, 3.63) is 57.8 Å². The SMILES string of the molecule is COc1cccnc1C(N)c1cc(C(F)(F)F)ccc1Br. The minimum atomic E-state index is -4.43. The maximum atomic E-state index is 12.8. The van der Waals surface area contributed by atoms with Gasteiger partial charge in [-0.2, -0.15) is 13.2 Å². The van der Waals surface area contributed by atoms with Crippen molar-refractivity contribution >= 4 is 15.9 Å². The number of rotatable bonds is 3. The molecule has 0 bridgehead atoms. The molecule has 2 N–H and O–H groups in total. The van der Waals surface area contributed by atoms with Gasteiger partial charge in [-0.05, 0) is 35.9 Å². The summed E-state index contributed by atoms with van der Waals surface area (Å²) in [6.07, 6.45) is -2.91. The molecule has 3 nitrogen and oxygen atoms in total. The summed E-state index contributed by atoms with van der Waals surface area (Å²) in [6.45, 7) is 0. The van der Waals surface area contributed by atoms with Crippen molar-refractivity contribution in [3.8, 4) is 5.75 Å². The highest BCUT2D eigenvalue weighted by Crippen LogP contribution is 2.36. The van der Waals surface area contributed by atoms with E-state index in [9.17, 15) is 13.2 Å². The zero-order valence-corrected chi connectivity index (χ0v) is 12.6.